The van der Waals surface area contributed by atoms with Crippen LogP contribution in [-0.2, 0) is 10.0 Å². The van der Waals surface area contributed by atoms with Crippen molar-refractivity contribution >= 4 is 27.7 Å². The van der Waals surface area contributed by atoms with Crippen molar-refractivity contribution in [1.82, 2.24) is 14.6 Å². The van der Waals surface area contributed by atoms with E-state index in [4.69, 9.17) is 0 Å². The lowest BCUT2D eigenvalue weighted by Crippen LogP contribution is -2.37. The Bertz CT molecular complexity index is 547. The first kappa shape index (κ1) is 14.4. The van der Waals surface area contributed by atoms with Crippen LogP contribution in [0.2, 0.25) is 0 Å². The van der Waals surface area contributed by atoms with Crippen LogP contribution in [0.3, 0.4) is 0 Å². The number of carbonyl (C=O) groups excluding carboxylic acids is 1. The van der Waals surface area contributed by atoms with Gasteiger partial charge in [0, 0.05) is 37.3 Å². The molecule has 0 radical (unpaired) electrons. The first-order valence-corrected chi connectivity index (χ1v) is 8.69. The molecule has 2 rings (SSSR count). The van der Waals surface area contributed by atoms with E-state index >= 15 is 0 Å². The number of nitrogens with one attached hydrogen (secondary N) is 2. The van der Waals surface area contributed by atoms with Gasteiger partial charge in [-0.1, -0.05) is 0 Å². The highest BCUT2D eigenvalue weighted by molar-refractivity contribution is 7.99. The third-order valence-electron chi connectivity index (χ3n) is 2.85. The third kappa shape index (κ3) is 3.13. The normalized spacial score (nSPS) is 17.3. The highest BCUT2D eigenvalue weighted by Gasteiger charge is 2.27. The molecule has 0 aliphatic carbocycles. The van der Waals surface area contributed by atoms with Crippen LogP contribution in [0.1, 0.15) is 17.4 Å². The minimum atomic E-state index is -3.48. The molecular weight excluding hydrogens is 286 g/mol. The van der Waals surface area contributed by atoms with E-state index in [-0.39, 0.29) is 16.5 Å². The Morgan fingerprint density at radius 3 is 2.79 bits per heavy atom. The summed E-state index contributed by atoms with van der Waals surface area (Å²) in [6.45, 7) is 3.36. The molecule has 8 heteroatoms. The fraction of sp³-hybridized carbons (Fsp3) is 0.545. The molecule has 106 valence electrons. The van der Waals surface area contributed by atoms with Crippen LogP contribution in [0, 0.1) is 0 Å². The van der Waals surface area contributed by atoms with Gasteiger partial charge in [-0.05, 0) is 13.0 Å². The van der Waals surface area contributed by atoms with E-state index in [1.54, 1.807) is 11.8 Å². The molecule has 1 fully saturated rings. The fourth-order valence-corrected chi connectivity index (χ4v) is 4.42. The first-order valence-electron chi connectivity index (χ1n) is 6.10. The summed E-state index contributed by atoms with van der Waals surface area (Å²) in [5.74, 6) is 1.33. The molecule has 0 saturated carbocycles. The second kappa shape index (κ2) is 5.98. The van der Waals surface area contributed by atoms with Gasteiger partial charge in [0.05, 0.1) is 0 Å². The molecule has 0 unspecified atom stereocenters. The van der Waals surface area contributed by atoms with E-state index in [9.17, 15) is 13.2 Å². The van der Waals surface area contributed by atoms with Gasteiger partial charge < -0.3 is 10.3 Å². The number of aromatic amines is 1. The Kier molecular flexibility index (Phi) is 4.54. The van der Waals surface area contributed by atoms with E-state index in [0.717, 1.165) is 11.5 Å². The Morgan fingerprint density at radius 2 is 2.16 bits per heavy atom. The summed E-state index contributed by atoms with van der Waals surface area (Å²) >= 11 is 1.75. The van der Waals surface area contributed by atoms with Crippen LogP contribution in [0.4, 0.5) is 0 Å². The van der Waals surface area contributed by atoms with Crippen molar-refractivity contribution in [1.29, 1.82) is 0 Å². The topological polar surface area (TPSA) is 82.3 Å². The third-order valence-corrected chi connectivity index (χ3v) is 5.67. The molecule has 1 aliphatic rings. The summed E-state index contributed by atoms with van der Waals surface area (Å²) < 4.78 is 26.2. The molecule has 1 saturated heterocycles. The Hall–Kier alpha value is -0.990. The molecular formula is C11H17N3O3S2. The van der Waals surface area contributed by atoms with Crippen molar-refractivity contribution < 1.29 is 13.2 Å². The summed E-state index contributed by atoms with van der Waals surface area (Å²) in [6, 6.07) is 1.39. The van der Waals surface area contributed by atoms with Crippen LogP contribution in [-0.4, -0.2) is 54.8 Å². The molecule has 2 N–H and O–H groups in total. The van der Waals surface area contributed by atoms with Gasteiger partial charge in [-0.2, -0.15) is 16.1 Å². The molecule has 0 spiro atoms. The second-order valence-electron chi connectivity index (χ2n) is 4.12. The van der Waals surface area contributed by atoms with Crippen LogP contribution >= 0.6 is 11.8 Å². The van der Waals surface area contributed by atoms with Gasteiger partial charge >= 0.3 is 0 Å². The van der Waals surface area contributed by atoms with E-state index < -0.39 is 10.0 Å². The number of hydrogen-bond acceptors (Lipinski definition) is 4. The Labute approximate surface area is 117 Å². The van der Waals surface area contributed by atoms with Crippen LogP contribution < -0.4 is 5.32 Å². The molecule has 0 atom stereocenters. The van der Waals surface area contributed by atoms with Crippen molar-refractivity contribution in [3.05, 3.63) is 18.0 Å². The molecule has 2 heterocycles. The smallest absolute Gasteiger partial charge is 0.267 e. The van der Waals surface area contributed by atoms with Gasteiger partial charge in [-0.25, -0.2) is 8.42 Å². The van der Waals surface area contributed by atoms with Crippen LogP contribution in [0.5, 0.6) is 0 Å². The number of aromatic nitrogens is 1. The predicted molar refractivity (Wildman–Crippen MR) is 74.9 cm³/mol. The maximum absolute atomic E-state index is 12.3. The Morgan fingerprint density at radius 1 is 1.47 bits per heavy atom. The largest absolute Gasteiger partial charge is 0.356 e. The monoisotopic (exact) mass is 303 g/mol. The molecule has 1 aromatic heterocycles. The lowest BCUT2D eigenvalue weighted by Gasteiger charge is -2.24. The van der Waals surface area contributed by atoms with E-state index in [2.05, 4.69) is 10.3 Å². The highest BCUT2D eigenvalue weighted by atomic mass is 32.2. The zero-order valence-electron chi connectivity index (χ0n) is 10.7. The van der Waals surface area contributed by atoms with Crippen LogP contribution in [0.15, 0.2) is 17.2 Å². The second-order valence-corrected chi connectivity index (χ2v) is 7.29. The molecule has 1 aromatic rings. The summed E-state index contributed by atoms with van der Waals surface area (Å²) in [7, 11) is -3.48. The molecule has 0 bridgehead atoms. The average molecular weight is 303 g/mol. The molecule has 19 heavy (non-hydrogen) atoms. The van der Waals surface area contributed by atoms with Crippen molar-refractivity contribution in [3.8, 4) is 0 Å². The van der Waals surface area contributed by atoms with Gasteiger partial charge in [-0.15, -0.1) is 0 Å². The number of nitrogens with zero attached hydrogens (tertiary/aromatic N) is 1. The number of hydrogen-bond donors (Lipinski definition) is 2. The summed E-state index contributed by atoms with van der Waals surface area (Å²) in [5.41, 5.74) is 0.270. The summed E-state index contributed by atoms with van der Waals surface area (Å²) in [5, 5.41) is 2.62. The molecule has 1 aliphatic heterocycles. The lowest BCUT2D eigenvalue weighted by molar-refractivity contribution is 0.0951. The van der Waals surface area contributed by atoms with E-state index in [1.807, 2.05) is 6.92 Å². The van der Waals surface area contributed by atoms with Crippen molar-refractivity contribution in [2.75, 3.05) is 31.1 Å². The van der Waals surface area contributed by atoms with Crippen molar-refractivity contribution in [3.63, 3.8) is 0 Å². The maximum Gasteiger partial charge on any atom is 0.267 e. The van der Waals surface area contributed by atoms with Gasteiger partial charge in [-0.3, -0.25) is 4.79 Å². The van der Waals surface area contributed by atoms with Crippen LogP contribution in [0.25, 0.3) is 0 Å². The SMILES string of the molecule is CCNC(=O)c1cc(S(=O)(=O)N2CCSCC2)c[nH]1. The Balaban J connectivity index is 2.19. The van der Waals surface area contributed by atoms with Gasteiger partial charge in [0.25, 0.3) is 5.91 Å². The average Bonchev–Trinajstić information content (AvgIpc) is 2.90. The minimum Gasteiger partial charge on any atom is -0.356 e. The predicted octanol–water partition coefficient (Wildman–Crippen LogP) is 0.502. The number of sulfonamides is 1. The zero-order chi connectivity index (χ0) is 13.9. The molecule has 1 amide bonds. The maximum atomic E-state index is 12.3. The lowest BCUT2D eigenvalue weighted by atomic mass is 10.4. The number of rotatable bonds is 4. The highest BCUT2D eigenvalue weighted by Crippen LogP contribution is 2.20. The van der Waals surface area contributed by atoms with Crippen molar-refractivity contribution in [2.45, 2.75) is 11.8 Å². The number of thioether (sulfide) groups is 1. The molecule has 0 aromatic carbocycles. The quantitative estimate of drug-likeness (QED) is 0.849. The number of amides is 1. The van der Waals surface area contributed by atoms with Gasteiger partial charge in [0.15, 0.2) is 0 Å². The van der Waals surface area contributed by atoms with Gasteiger partial charge in [0.2, 0.25) is 10.0 Å². The first-order chi connectivity index (χ1) is 9.05. The summed E-state index contributed by atoms with van der Waals surface area (Å²) in [6.07, 6.45) is 1.38. The fourth-order valence-electron chi connectivity index (χ4n) is 1.85. The minimum absolute atomic E-state index is 0.153. The van der Waals surface area contributed by atoms with Gasteiger partial charge in [0.1, 0.15) is 10.6 Å². The zero-order valence-corrected chi connectivity index (χ0v) is 12.3. The van der Waals surface area contributed by atoms with E-state index in [0.29, 0.717) is 19.6 Å². The number of H-pyrrole nitrogens is 1. The number of carbonyl (C=O) groups is 1. The van der Waals surface area contributed by atoms with Crippen molar-refractivity contribution in [2.24, 2.45) is 0 Å². The standard InChI is InChI=1S/C11H17N3O3S2/c1-2-12-11(15)10-7-9(8-13-10)19(16,17)14-3-5-18-6-4-14/h7-8,13H,2-6H2,1H3,(H,12,15). The van der Waals surface area contributed by atoms with E-state index in [1.165, 1.54) is 16.6 Å². The molecule has 6 nitrogen and oxygen atoms in total. The summed E-state index contributed by atoms with van der Waals surface area (Å²) in [4.78, 5) is 14.5.